The number of amides is 1. The first-order valence-electron chi connectivity index (χ1n) is 6.82. The number of hydrogen-bond donors (Lipinski definition) is 1. The Morgan fingerprint density at radius 1 is 1.47 bits per heavy atom. The highest BCUT2D eigenvalue weighted by Crippen LogP contribution is 2.15. The van der Waals surface area contributed by atoms with E-state index in [1.165, 1.54) is 6.42 Å². The van der Waals surface area contributed by atoms with Gasteiger partial charge in [-0.2, -0.15) is 0 Å². The van der Waals surface area contributed by atoms with Crippen LogP contribution in [0.25, 0.3) is 0 Å². The maximum Gasteiger partial charge on any atom is 0.239 e. The summed E-state index contributed by atoms with van der Waals surface area (Å²) >= 11 is 0. The Balaban J connectivity index is 1.95. The topological polar surface area (TPSA) is 41.6 Å². The van der Waals surface area contributed by atoms with Crippen molar-refractivity contribution in [2.75, 3.05) is 20.7 Å². The second kappa shape index (κ2) is 6.57. The van der Waals surface area contributed by atoms with Crippen molar-refractivity contribution in [3.63, 3.8) is 0 Å². The predicted molar refractivity (Wildman–Crippen MR) is 75.1 cm³/mol. The van der Waals surface area contributed by atoms with E-state index in [0.717, 1.165) is 30.7 Å². The van der Waals surface area contributed by atoms with Crippen LogP contribution < -0.4 is 10.1 Å². The number of likely N-dealkylation sites (N-methyl/N-ethyl adjacent to an activating group) is 1. The number of ether oxygens (including phenoxy) is 1. The van der Waals surface area contributed by atoms with E-state index in [-0.39, 0.29) is 11.9 Å². The minimum absolute atomic E-state index is 0.00985. The summed E-state index contributed by atoms with van der Waals surface area (Å²) in [4.78, 5) is 14.1. The molecule has 4 heteroatoms. The van der Waals surface area contributed by atoms with Crippen LogP contribution in [0.15, 0.2) is 24.3 Å². The first-order chi connectivity index (χ1) is 9.20. The molecule has 1 aromatic carbocycles. The Kier molecular flexibility index (Phi) is 4.80. The fraction of sp³-hybridized carbons (Fsp3) is 0.533. The van der Waals surface area contributed by atoms with E-state index < -0.39 is 0 Å². The Labute approximate surface area is 114 Å². The van der Waals surface area contributed by atoms with Crippen molar-refractivity contribution in [1.29, 1.82) is 0 Å². The molecule has 104 valence electrons. The molecule has 1 aliphatic heterocycles. The fourth-order valence-corrected chi connectivity index (χ4v) is 2.45. The second-order valence-corrected chi connectivity index (χ2v) is 5.05. The van der Waals surface area contributed by atoms with Crippen molar-refractivity contribution in [3.05, 3.63) is 29.8 Å². The number of piperidine rings is 1. The van der Waals surface area contributed by atoms with E-state index in [9.17, 15) is 4.79 Å². The molecule has 1 heterocycles. The zero-order chi connectivity index (χ0) is 13.7. The van der Waals surface area contributed by atoms with Gasteiger partial charge >= 0.3 is 0 Å². The lowest BCUT2D eigenvalue weighted by Gasteiger charge is -2.27. The van der Waals surface area contributed by atoms with E-state index in [0.29, 0.717) is 6.54 Å². The minimum atomic E-state index is -0.00985. The molecular formula is C15H22N2O2. The number of rotatable bonds is 4. The summed E-state index contributed by atoms with van der Waals surface area (Å²) < 4.78 is 5.20. The number of nitrogens with one attached hydrogen (secondary N) is 1. The molecule has 1 unspecified atom stereocenters. The van der Waals surface area contributed by atoms with Gasteiger partial charge in [0.05, 0.1) is 13.2 Å². The quantitative estimate of drug-likeness (QED) is 0.899. The summed E-state index contributed by atoms with van der Waals surface area (Å²) in [6, 6.07) is 7.84. The van der Waals surface area contributed by atoms with Crippen molar-refractivity contribution in [2.24, 2.45) is 0 Å². The van der Waals surface area contributed by atoms with Gasteiger partial charge in [-0.05, 0) is 37.1 Å². The minimum Gasteiger partial charge on any atom is -0.497 e. The first-order valence-corrected chi connectivity index (χ1v) is 6.82. The monoisotopic (exact) mass is 262 g/mol. The van der Waals surface area contributed by atoms with Crippen molar-refractivity contribution < 1.29 is 9.53 Å². The Morgan fingerprint density at radius 3 is 3.00 bits per heavy atom. The summed E-state index contributed by atoms with van der Waals surface area (Å²) in [7, 11) is 3.51. The lowest BCUT2D eigenvalue weighted by atomic mass is 10.0. The number of hydrogen-bond acceptors (Lipinski definition) is 3. The summed E-state index contributed by atoms with van der Waals surface area (Å²) in [6.45, 7) is 1.57. The molecule has 0 radical (unpaired) electrons. The van der Waals surface area contributed by atoms with Gasteiger partial charge in [0.1, 0.15) is 5.75 Å². The first kappa shape index (κ1) is 13.9. The van der Waals surface area contributed by atoms with Crippen LogP contribution in [-0.2, 0) is 11.3 Å². The molecule has 1 saturated heterocycles. The second-order valence-electron chi connectivity index (χ2n) is 5.05. The molecule has 2 rings (SSSR count). The summed E-state index contributed by atoms with van der Waals surface area (Å²) in [5, 5.41) is 3.29. The predicted octanol–water partition coefficient (Wildman–Crippen LogP) is 1.80. The van der Waals surface area contributed by atoms with Crippen LogP contribution in [0.5, 0.6) is 5.75 Å². The number of carbonyl (C=O) groups is 1. The number of methoxy groups -OCH3 is 1. The van der Waals surface area contributed by atoms with Gasteiger partial charge in [0.15, 0.2) is 0 Å². The molecule has 1 N–H and O–H groups in total. The fourth-order valence-electron chi connectivity index (χ4n) is 2.45. The third-order valence-corrected chi connectivity index (χ3v) is 3.54. The van der Waals surface area contributed by atoms with Gasteiger partial charge in [-0.3, -0.25) is 4.79 Å². The van der Waals surface area contributed by atoms with Crippen LogP contribution in [0.4, 0.5) is 0 Å². The van der Waals surface area contributed by atoms with E-state index in [2.05, 4.69) is 5.32 Å². The van der Waals surface area contributed by atoms with Gasteiger partial charge < -0.3 is 15.0 Å². The summed E-state index contributed by atoms with van der Waals surface area (Å²) in [5.41, 5.74) is 1.09. The largest absolute Gasteiger partial charge is 0.497 e. The van der Waals surface area contributed by atoms with Gasteiger partial charge in [0.25, 0.3) is 0 Å². The number of carbonyl (C=O) groups excluding carboxylic acids is 1. The van der Waals surface area contributed by atoms with E-state index >= 15 is 0 Å². The van der Waals surface area contributed by atoms with Crippen molar-refractivity contribution in [2.45, 2.75) is 31.8 Å². The maximum atomic E-state index is 12.3. The van der Waals surface area contributed by atoms with Crippen molar-refractivity contribution in [1.82, 2.24) is 10.2 Å². The maximum absolute atomic E-state index is 12.3. The van der Waals surface area contributed by atoms with E-state index in [4.69, 9.17) is 4.74 Å². The number of nitrogens with zero attached hydrogens (tertiary/aromatic N) is 1. The number of benzene rings is 1. The average Bonchev–Trinajstić information content (AvgIpc) is 2.47. The summed E-state index contributed by atoms with van der Waals surface area (Å²) in [6.07, 6.45) is 3.25. The zero-order valence-corrected chi connectivity index (χ0v) is 11.7. The van der Waals surface area contributed by atoms with Crippen LogP contribution in [-0.4, -0.2) is 37.6 Å². The summed E-state index contributed by atoms with van der Waals surface area (Å²) in [5.74, 6) is 1.01. The molecule has 1 atom stereocenters. The van der Waals surface area contributed by atoms with Crippen LogP contribution in [0.1, 0.15) is 24.8 Å². The average molecular weight is 262 g/mol. The van der Waals surface area contributed by atoms with Gasteiger partial charge in [0, 0.05) is 13.6 Å². The van der Waals surface area contributed by atoms with E-state index in [1.54, 1.807) is 12.0 Å². The van der Waals surface area contributed by atoms with Crippen molar-refractivity contribution in [3.8, 4) is 5.75 Å². The van der Waals surface area contributed by atoms with Gasteiger partial charge in [0.2, 0.25) is 5.91 Å². The highest BCUT2D eigenvalue weighted by atomic mass is 16.5. The van der Waals surface area contributed by atoms with Crippen LogP contribution in [0.2, 0.25) is 0 Å². The standard InChI is InChI=1S/C15H22N2O2/c1-17(15(18)14-8-3-4-9-16-14)11-12-6-5-7-13(10-12)19-2/h5-7,10,14,16H,3-4,8-9,11H2,1-2H3. The Hall–Kier alpha value is -1.55. The molecule has 0 saturated carbocycles. The SMILES string of the molecule is COc1cccc(CN(C)C(=O)C2CCCCN2)c1. The molecule has 0 aromatic heterocycles. The highest BCUT2D eigenvalue weighted by Gasteiger charge is 2.23. The molecule has 1 aliphatic rings. The van der Waals surface area contributed by atoms with Gasteiger partial charge in [-0.15, -0.1) is 0 Å². The van der Waals surface area contributed by atoms with Gasteiger partial charge in [-0.25, -0.2) is 0 Å². The zero-order valence-electron chi connectivity index (χ0n) is 11.7. The molecule has 0 aliphatic carbocycles. The van der Waals surface area contributed by atoms with Crippen LogP contribution in [0.3, 0.4) is 0 Å². The molecule has 4 nitrogen and oxygen atoms in total. The molecule has 0 spiro atoms. The molecule has 1 aromatic rings. The van der Waals surface area contributed by atoms with Crippen LogP contribution in [0, 0.1) is 0 Å². The van der Waals surface area contributed by atoms with Crippen LogP contribution >= 0.6 is 0 Å². The highest BCUT2D eigenvalue weighted by molar-refractivity contribution is 5.81. The smallest absolute Gasteiger partial charge is 0.239 e. The molecule has 1 amide bonds. The van der Waals surface area contributed by atoms with E-state index in [1.807, 2.05) is 31.3 Å². The lowest BCUT2D eigenvalue weighted by molar-refractivity contribution is -0.133. The lowest BCUT2D eigenvalue weighted by Crippen LogP contribution is -2.46. The third kappa shape index (κ3) is 3.70. The Morgan fingerprint density at radius 2 is 2.32 bits per heavy atom. The van der Waals surface area contributed by atoms with Crippen molar-refractivity contribution >= 4 is 5.91 Å². The van der Waals surface area contributed by atoms with Gasteiger partial charge in [-0.1, -0.05) is 18.6 Å². The molecule has 19 heavy (non-hydrogen) atoms. The molecule has 1 fully saturated rings. The Bertz CT molecular complexity index is 428. The normalized spacial score (nSPS) is 18.9. The third-order valence-electron chi connectivity index (χ3n) is 3.54. The molecule has 0 bridgehead atoms. The molecular weight excluding hydrogens is 240 g/mol.